The first-order valence-electron chi connectivity index (χ1n) is 9.94. The SMILES string of the molecule is COc1ccc(N2CCC(NC(=O)CN3C(=O)COc4cc(Br)ccc43)CC2)cc1. The maximum absolute atomic E-state index is 12.6. The van der Waals surface area contributed by atoms with Crippen LogP contribution in [0.15, 0.2) is 46.9 Å². The molecule has 2 aliphatic rings. The van der Waals surface area contributed by atoms with E-state index in [2.05, 4.69) is 38.3 Å². The Morgan fingerprint density at radius 2 is 1.93 bits per heavy atom. The van der Waals surface area contributed by atoms with E-state index in [0.717, 1.165) is 41.8 Å². The van der Waals surface area contributed by atoms with Crippen molar-refractivity contribution in [3.05, 3.63) is 46.9 Å². The standard InChI is InChI=1S/C22H24BrN3O4/c1-29-18-5-3-17(4-6-18)25-10-8-16(9-11-25)24-21(27)13-26-19-7-2-15(23)12-20(19)30-14-22(26)28/h2-7,12,16H,8-11,13-14H2,1H3,(H,24,27). The maximum atomic E-state index is 12.6. The van der Waals surface area contributed by atoms with Gasteiger partial charge in [0.15, 0.2) is 6.61 Å². The second kappa shape index (κ2) is 8.95. The summed E-state index contributed by atoms with van der Waals surface area (Å²) in [5.41, 5.74) is 1.78. The van der Waals surface area contributed by atoms with Gasteiger partial charge in [-0.1, -0.05) is 15.9 Å². The number of benzene rings is 2. The lowest BCUT2D eigenvalue weighted by Crippen LogP contribution is -2.50. The van der Waals surface area contributed by atoms with Crippen LogP contribution in [-0.4, -0.2) is 51.2 Å². The molecule has 8 heteroatoms. The minimum Gasteiger partial charge on any atom is -0.497 e. The zero-order valence-corrected chi connectivity index (χ0v) is 18.4. The molecule has 158 valence electrons. The summed E-state index contributed by atoms with van der Waals surface area (Å²) in [7, 11) is 1.66. The van der Waals surface area contributed by atoms with Crippen LogP contribution in [0.4, 0.5) is 11.4 Å². The average Bonchev–Trinajstić information content (AvgIpc) is 2.76. The van der Waals surface area contributed by atoms with Gasteiger partial charge in [0, 0.05) is 29.3 Å². The fourth-order valence-corrected chi connectivity index (χ4v) is 4.18. The van der Waals surface area contributed by atoms with E-state index >= 15 is 0 Å². The Bertz CT molecular complexity index is 926. The number of methoxy groups -OCH3 is 1. The molecule has 2 aliphatic heterocycles. The number of amides is 2. The van der Waals surface area contributed by atoms with Crippen molar-refractivity contribution in [2.75, 3.05) is 43.2 Å². The van der Waals surface area contributed by atoms with Gasteiger partial charge in [-0.2, -0.15) is 0 Å². The molecule has 4 rings (SSSR count). The number of hydrogen-bond acceptors (Lipinski definition) is 5. The van der Waals surface area contributed by atoms with Gasteiger partial charge in [-0.15, -0.1) is 0 Å². The van der Waals surface area contributed by atoms with Gasteiger partial charge >= 0.3 is 0 Å². The van der Waals surface area contributed by atoms with Gasteiger partial charge in [0.2, 0.25) is 5.91 Å². The monoisotopic (exact) mass is 473 g/mol. The fraction of sp³-hybridized carbons (Fsp3) is 0.364. The van der Waals surface area contributed by atoms with Crippen molar-refractivity contribution in [3.8, 4) is 11.5 Å². The van der Waals surface area contributed by atoms with Crippen molar-refractivity contribution in [2.24, 2.45) is 0 Å². The van der Waals surface area contributed by atoms with Crippen LogP contribution >= 0.6 is 15.9 Å². The number of rotatable bonds is 5. The lowest BCUT2D eigenvalue weighted by Gasteiger charge is -2.34. The van der Waals surface area contributed by atoms with E-state index in [1.807, 2.05) is 24.3 Å². The number of fused-ring (bicyclic) bond motifs is 1. The van der Waals surface area contributed by atoms with E-state index < -0.39 is 0 Å². The van der Waals surface area contributed by atoms with Crippen molar-refractivity contribution < 1.29 is 19.1 Å². The van der Waals surface area contributed by atoms with Crippen LogP contribution in [0.3, 0.4) is 0 Å². The first-order chi connectivity index (χ1) is 14.5. The number of nitrogens with zero attached hydrogens (tertiary/aromatic N) is 2. The van der Waals surface area contributed by atoms with Gasteiger partial charge < -0.3 is 19.7 Å². The first-order valence-corrected chi connectivity index (χ1v) is 10.7. The van der Waals surface area contributed by atoms with E-state index in [1.54, 1.807) is 13.2 Å². The molecule has 2 aromatic rings. The van der Waals surface area contributed by atoms with Crippen molar-refractivity contribution in [2.45, 2.75) is 18.9 Å². The highest BCUT2D eigenvalue weighted by Gasteiger charge is 2.28. The number of anilines is 2. The number of piperidine rings is 1. The smallest absolute Gasteiger partial charge is 0.265 e. The number of ether oxygens (including phenoxy) is 2. The quantitative estimate of drug-likeness (QED) is 0.722. The Hall–Kier alpha value is -2.74. The summed E-state index contributed by atoms with van der Waals surface area (Å²) < 4.78 is 11.6. The van der Waals surface area contributed by atoms with Gasteiger partial charge in [0.05, 0.1) is 12.8 Å². The molecule has 7 nitrogen and oxygen atoms in total. The summed E-state index contributed by atoms with van der Waals surface area (Å²) in [6.45, 7) is 1.67. The summed E-state index contributed by atoms with van der Waals surface area (Å²) in [5.74, 6) is 1.08. The molecule has 0 saturated carbocycles. The Morgan fingerprint density at radius 3 is 2.63 bits per heavy atom. The Balaban J connectivity index is 1.31. The normalized spacial score (nSPS) is 16.7. The topological polar surface area (TPSA) is 71.1 Å². The summed E-state index contributed by atoms with van der Waals surface area (Å²) in [6.07, 6.45) is 1.72. The van der Waals surface area contributed by atoms with Gasteiger partial charge in [-0.25, -0.2) is 0 Å². The van der Waals surface area contributed by atoms with Crippen LogP contribution in [0.25, 0.3) is 0 Å². The summed E-state index contributed by atoms with van der Waals surface area (Å²) in [6, 6.07) is 13.6. The second-order valence-corrected chi connectivity index (χ2v) is 8.32. The lowest BCUT2D eigenvalue weighted by molar-refractivity contribution is -0.125. The molecule has 0 unspecified atom stereocenters. The molecule has 0 aliphatic carbocycles. The van der Waals surface area contributed by atoms with Crippen molar-refractivity contribution >= 4 is 39.1 Å². The molecule has 0 atom stereocenters. The molecule has 1 fully saturated rings. The highest BCUT2D eigenvalue weighted by molar-refractivity contribution is 9.10. The van der Waals surface area contributed by atoms with E-state index in [-0.39, 0.29) is 31.0 Å². The van der Waals surface area contributed by atoms with Crippen LogP contribution in [0, 0.1) is 0 Å². The molecule has 1 saturated heterocycles. The van der Waals surface area contributed by atoms with Gasteiger partial charge in [-0.3, -0.25) is 14.5 Å². The van der Waals surface area contributed by atoms with Gasteiger partial charge in [0.25, 0.3) is 5.91 Å². The van der Waals surface area contributed by atoms with E-state index in [4.69, 9.17) is 9.47 Å². The summed E-state index contributed by atoms with van der Waals surface area (Å²) in [5, 5.41) is 3.09. The minimum atomic E-state index is -0.214. The highest BCUT2D eigenvalue weighted by atomic mass is 79.9. The van der Waals surface area contributed by atoms with E-state index in [0.29, 0.717) is 11.4 Å². The molecule has 0 spiro atoms. The van der Waals surface area contributed by atoms with Gasteiger partial charge in [-0.05, 0) is 55.3 Å². The van der Waals surface area contributed by atoms with Crippen LogP contribution in [0.1, 0.15) is 12.8 Å². The first kappa shape index (κ1) is 20.5. The average molecular weight is 474 g/mol. The van der Waals surface area contributed by atoms with E-state index in [1.165, 1.54) is 4.90 Å². The van der Waals surface area contributed by atoms with Crippen molar-refractivity contribution in [1.29, 1.82) is 0 Å². The van der Waals surface area contributed by atoms with Crippen molar-refractivity contribution in [3.63, 3.8) is 0 Å². The second-order valence-electron chi connectivity index (χ2n) is 7.41. The van der Waals surface area contributed by atoms with Gasteiger partial charge in [0.1, 0.15) is 18.0 Å². The number of carbonyl (C=O) groups is 2. The van der Waals surface area contributed by atoms with Crippen molar-refractivity contribution in [1.82, 2.24) is 5.32 Å². The zero-order valence-electron chi connectivity index (χ0n) is 16.8. The highest BCUT2D eigenvalue weighted by Crippen LogP contribution is 2.34. The lowest BCUT2D eigenvalue weighted by atomic mass is 10.0. The van der Waals surface area contributed by atoms with Crippen LogP contribution in [-0.2, 0) is 9.59 Å². The van der Waals surface area contributed by atoms with Crippen LogP contribution in [0.2, 0.25) is 0 Å². The summed E-state index contributed by atoms with van der Waals surface area (Å²) >= 11 is 3.40. The molecule has 1 N–H and O–H groups in total. The third kappa shape index (κ3) is 4.53. The number of hydrogen-bond donors (Lipinski definition) is 1. The summed E-state index contributed by atoms with van der Waals surface area (Å²) in [4.78, 5) is 28.8. The molecule has 2 heterocycles. The number of nitrogens with one attached hydrogen (secondary N) is 1. The third-order valence-corrected chi connectivity index (χ3v) is 5.96. The predicted octanol–water partition coefficient (Wildman–Crippen LogP) is 2.97. The van der Waals surface area contributed by atoms with Crippen LogP contribution < -0.4 is 24.6 Å². The van der Waals surface area contributed by atoms with Crippen LogP contribution in [0.5, 0.6) is 11.5 Å². The maximum Gasteiger partial charge on any atom is 0.265 e. The molecule has 2 amide bonds. The third-order valence-electron chi connectivity index (χ3n) is 5.46. The van der Waals surface area contributed by atoms with E-state index in [9.17, 15) is 9.59 Å². The molecule has 0 radical (unpaired) electrons. The number of carbonyl (C=O) groups excluding carboxylic acids is 2. The Kier molecular flexibility index (Phi) is 6.13. The fourth-order valence-electron chi connectivity index (χ4n) is 3.84. The molecular weight excluding hydrogens is 450 g/mol. The number of halogens is 1. The largest absolute Gasteiger partial charge is 0.497 e. The predicted molar refractivity (Wildman–Crippen MR) is 118 cm³/mol. The molecular formula is C22H24BrN3O4. The zero-order chi connectivity index (χ0) is 21.1. The molecule has 0 aromatic heterocycles. The molecule has 2 aromatic carbocycles. The minimum absolute atomic E-state index is 0.00444. The molecule has 30 heavy (non-hydrogen) atoms. The Labute approximate surface area is 184 Å². The Morgan fingerprint density at radius 1 is 1.20 bits per heavy atom. The molecule has 0 bridgehead atoms.